The second-order valence-corrected chi connectivity index (χ2v) is 7.13. The SMILES string of the molecule is Cc1ccc(C(=O)NCC2(C)CCN(C)CC2)c(Br)c1. The van der Waals surface area contributed by atoms with Gasteiger partial charge in [-0.3, -0.25) is 4.79 Å². The molecule has 0 spiro atoms. The second-order valence-electron chi connectivity index (χ2n) is 6.28. The van der Waals surface area contributed by atoms with Gasteiger partial charge in [-0.15, -0.1) is 0 Å². The van der Waals surface area contributed by atoms with Crippen molar-refractivity contribution in [3.63, 3.8) is 0 Å². The summed E-state index contributed by atoms with van der Waals surface area (Å²) in [7, 11) is 2.15. The van der Waals surface area contributed by atoms with Crippen molar-refractivity contribution >= 4 is 21.8 Å². The largest absolute Gasteiger partial charge is 0.351 e. The average molecular weight is 339 g/mol. The van der Waals surface area contributed by atoms with E-state index in [0.29, 0.717) is 5.56 Å². The summed E-state index contributed by atoms with van der Waals surface area (Å²) in [6.07, 6.45) is 2.28. The Bertz CT molecular complexity index is 493. The van der Waals surface area contributed by atoms with Crippen LogP contribution in [0.25, 0.3) is 0 Å². The fourth-order valence-electron chi connectivity index (χ4n) is 2.53. The number of piperidine rings is 1. The van der Waals surface area contributed by atoms with E-state index < -0.39 is 0 Å². The molecule has 0 radical (unpaired) electrons. The van der Waals surface area contributed by atoms with Gasteiger partial charge in [-0.1, -0.05) is 13.0 Å². The number of carbonyl (C=O) groups excluding carboxylic acids is 1. The van der Waals surface area contributed by atoms with Gasteiger partial charge in [0.2, 0.25) is 0 Å². The van der Waals surface area contributed by atoms with Gasteiger partial charge in [0.1, 0.15) is 0 Å². The average Bonchev–Trinajstić information content (AvgIpc) is 2.40. The van der Waals surface area contributed by atoms with Crippen molar-refractivity contribution in [2.45, 2.75) is 26.7 Å². The predicted molar refractivity (Wildman–Crippen MR) is 86.1 cm³/mol. The molecule has 20 heavy (non-hydrogen) atoms. The van der Waals surface area contributed by atoms with E-state index in [-0.39, 0.29) is 11.3 Å². The maximum Gasteiger partial charge on any atom is 0.252 e. The van der Waals surface area contributed by atoms with Crippen molar-refractivity contribution in [2.75, 3.05) is 26.7 Å². The number of benzene rings is 1. The van der Waals surface area contributed by atoms with E-state index >= 15 is 0 Å². The first kappa shape index (κ1) is 15.5. The number of halogens is 1. The Balaban J connectivity index is 1.95. The molecule has 0 saturated carbocycles. The Hall–Kier alpha value is -0.870. The summed E-state index contributed by atoms with van der Waals surface area (Å²) in [5.41, 5.74) is 2.09. The Morgan fingerprint density at radius 3 is 2.65 bits per heavy atom. The molecule has 0 atom stereocenters. The van der Waals surface area contributed by atoms with Crippen molar-refractivity contribution < 1.29 is 4.79 Å². The van der Waals surface area contributed by atoms with Crippen LogP contribution < -0.4 is 5.32 Å². The Labute approximate surface area is 129 Å². The molecule has 1 heterocycles. The van der Waals surface area contributed by atoms with Crippen molar-refractivity contribution in [1.29, 1.82) is 0 Å². The smallest absolute Gasteiger partial charge is 0.252 e. The number of aryl methyl sites for hydroxylation is 1. The molecular weight excluding hydrogens is 316 g/mol. The highest BCUT2D eigenvalue weighted by Crippen LogP contribution is 2.29. The fraction of sp³-hybridized carbons (Fsp3) is 0.562. The third kappa shape index (κ3) is 3.83. The molecule has 1 amide bonds. The summed E-state index contributed by atoms with van der Waals surface area (Å²) in [5.74, 6) is 0.0111. The second kappa shape index (κ2) is 6.27. The van der Waals surface area contributed by atoms with Crippen LogP contribution in [0.5, 0.6) is 0 Å². The number of hydrogen-bond donors (Lipinski definition) is 1. The first-order valence-electron chi connectivity index (χ1n) is 7.13. The fourth-order valence-corrected chi connectivity index (χ4v) is 3.20. The van der Waals surface area contributed by atoms with Crippen LogP contribution in [0.2, 0.25) is 0 Å². The minimum atomic E-state index is 0.0111. The summed E-state index contributed by atoms with van der Waals surface area (Å²) in [6, 6.07) is 5.83. The normalized spacial score (nSPS) is 18.8. The summed E-state index contributed by atoms with van der Waals surface area (Å²) in [6.45, 7) is 7.26. The third-order valence-electron chi connectivity index (χ3n) is 4.24. The van der Waals surface area contributed by atoms with E-state index in [4.69, 9.17) is 0 Å². The number of nitrogens with zero attached hydrogens (tertiary/aromatic N) is 1. The topological polar surface area (TPSA) is 32.3 Å². The van der Waals surface area contributed by atoms with Crippen molar-refractivity contribution in [3.8, 4) is 0 Å². The molecule has 3 nitrogen and oxygen atoms in total. The van der Waals surface area contributed by atoms with Gasteiger partial charge < -0.3 is 10.2 Å². The molecule has 1 saturated heterocycles. The molecule has 4 heteroatoms. The van der Waals surface area contributed by atoms with Crippen LogP contribution in [-0.4, -0.2) is 37.5 Å². The lowest BCUT2D eigenvalue weighted by Gasteiger charge is -2.38. The van der Waals surface area contributed by atoms with Crippen LogP contribution in [0.3, 0.4) is 0 Å². The quantitative estimate of drug-likeness (QED) is 0.917. The van der Waals surface area contributed by atoms with Gasteiger partial charge >= 0.3 is 0 Å². The number of likely N-dealkylation sites (tertiary alicyclic amines) is 1. The zero-order valence-electron chi connectivity index (χ0n) is 12.5. The molecule has 0 bridgehead atoms. The summed E-state index contributed by atoms with van der Waals surface area (Å²) in [5, 5.41) is 3.10. The van der Waals surface area contributed by atoms with Gasteiger partial charge in [-0.25, -0.2) is 0 Å². The highest BCUT2D eigenvalue weighted by molar-refractivity contribution is 9.10. The van der Waals surface area contributed by atoms with Gasteiger partial charge in [0.05, 0.1) is 5.56 Å². The summed E-state index contributed by atoms with van der Waals surface area (Å²) in [4.78, 5) is 14.6. The lowest BCUT2D eigenvalue weighted by atomic mass is 9.80. The molecule has 0 unspecified atom stereocenters. The molecule has 1 fully saturated rings. The molecule has 1 N–H and O–H groups in total. The number of nitrogens with one attached hydrogen (secondary N) is 1. The molecule has 1 aromatic rings. The monoisotopic (exact) mass is 338 g/mol. The number of hydrogen-bond acceptors (Lipinski definition) is 2. The molecule has 1 aromatic carbocycles. The van der Waals surface area contributed by atoms with Gasteiger partial charge in [0.15, 0.2) is 0 Å². The van der Waals surface area contributed by atoms with Gasteiger partial charge in [-0.05, 0) is 78.9 Å². The van der Waals surface area contributed by atoms with E-state index in [1.165, 1.54) is 0 Å². The maximum atomic E-state index is 12.3. The first-order valence-corrected chi connectivity index (χ1v) is 7.92. The van der Waals surface area contributed by atoms with Crippen LogP contribution in [0.1, 0.15) is 35.7 Å². The van der Waals surface area contributed by atoms with Crippen LogP contribution in [-0.2, 0) is 0 Å². The van der Waals surface area contributed by atoms with Crippen LogP contribution >= 0.6 is 15.9 Å². The van der Waals surface area contributed by atoms with Crippen LogP contribution in [0.4, 0.5) is 0 Å². The van der Waals surface area contributed by atoms with E-state index in [0.717, 1.165) is 42.5 Å². The number of amides is 1. The molecular formula is C16H23BrN2O. The molecule has 110 valence electrons. The third-order valence-corrected chi connectivity index (χ3v) is 4.90. The Morgan fingerprint density at radius 2 is 2.05 bits per heavy atom. The zero-order chi connectivity index (χ0) is 14.8. The molecule has 1 aliphatic rings. The summed E-state index contributed by atoms with van der Waals surface area (Å²) >= 11 is 3.47. The Kier molecular flexibility index (Phi) is 4.86. The standard InChI is InChI=1S/C16H23BrN2O/c1-12-4-5-13(14(17)10-12)15(20)18-11-16(2)6-8-19(3)9-7-16/h4-5,10H,6-9,11H2,1-3H3,(H,18,20). The van der Waals surface area contributed by atoms with Crippen molar-refractivity contribution in [1.82, 2.24) is 10.2 Å². The molecule has 2 rings (SSSR count). The molecule has 0 aromatic heterocycles. The van der Waals surface area contributed by atoms with Crippen LogP contribution in [0, 0.1) is 12.3 Å². The lowest BCUT2D eigenvalue weighted by Crippen LogP contribution is -2.43. The highest BCUT2D eigenvalue weighted by atomic mass is 79.9. The minimum absolute atomic E-state index is 0.0111. The van der Waals surface area contributed by atoms with Gasteiger partial charge in [0, 0.05) is 11.0 Å². The van der Waals surface area contributed by atoms with Crippen molar-refractivity contribution in [2.24, 2.45) is 5.41 Å². The van der Waals surface area contributed by atoms with E-state index in [2.05, 4.69) is 40.1 Å². The van der Waals surface area contributed by atoms with E-state index in [9.17, 15) is 4.79 Å². The van der Waals surface area contributed by atoms with E-state index in [1.807, 2.05) is 25.1 Å². The zero-order valence-corrected chi connectivity index (χ0v) is 14.1. The molecule has 0 aliphatic carbocycles. The van der Waals surface area contributed by atoms with Crippen molar-refractivity contribution in [3.05, 3.63) is 33.8 Å². The highest BCUT2D eigenvalue weighted by Gasteiger charge is 2.29. The van der Waals surface area contributed by atoms with Gasteiger partial charge in [0.25, 0.3) is 5.91 Å². The lowest BCUT2D eigenvalue weighted by molar-refractivity contribution is 0.0891. The summed E-state index contributed by atoms with van der Waals surface area (Å²) < 4.78 is 0.864. The minimum Gasteiger partial charge on any atom is -0.351 e. The van der Waals surface area contributed by atoms with E-state index in [1.54, 1.807) is 0 Å². The van der Waals surface area contributed by atoms with Crippen LogP contribution in [0.15, 0.2) is 22.7 Å². The number of rotatable bonds is 3. The Morgan fingerprint density at radius 1 is 1.40 bits per heavy atom. The maximum absolute atomic E-state index is 12.3. The number of carbonyl (C=O) groups is 1. The van der Waals surface area contributed by atoms with Gasteiger partial charge in [-0.2, -0.15) is 0 Å². The molecule has 1 aliphatic heterocycles. The predicted octanol–water partition coefficient (Wildman–Crippen LogP) is 3.22. The first-order chi connectivity index (χ1) is 9.39.